The molecule has 0 saturated carbocycles. The molecule has 0 unspecified atom stereocenters. The maximum Gasteiger partial charge on any atom is 0.310 e. The van der Waals surface area contributed by atoms with Crippen molar-refractivity contribution in [2.24, 2.45) is 5.92 Å². The molecule has 1 fully saturated rings. The van der Waals surface area contributed by atoms with Crippen molar-refractivity contribution >= 4 is 11.8 Å². The molecule has 27 heavy (non-hydrogen) atoms. The Bertz CT molecular complexity index is 836. The topological polar surface area (TPSA) is 77.6 Å². The van der Waals surface area contributed by atoms with Gasteiger partial charge in [-0.1, -0.05) is 5.16 Å². The zero-order chi connectivity index (χ0) is 19.6. The Hall–Kier alpha value is -2.41. The number of aryl methyl sites for hydroxylation is 2. The van der Waals surface area contributed by atoms with E-state index in [1.54, 1.807) is 0 Å². The molecule has 2 aromatic rings. The molecule has 0 aliphatic carbocycles. The van der Waals surface area contributed by atoms with E-state index in [1.165, 1.54) is 0 Å². The van der Waals surface area contributed by atoms with Crippen LogP contribution in [-0.2, 0) is 9.53 Å². The molecule has 7 nitrogen and oxygen atoms in total. The smallest absolute Gasteiger partial charge is 0.310 e. The highest BCUT2D eigenvalue weighted by atomic mass is 16.5. The minimum atomic E-state index is -0.158. The third kappa shape index (κ3) is 4.13. The third-order valence-electron chi connectivity index (χ3n) is 5.07. The molecule has 0 aromatic carbocycles. The molecule has 1 aliphatic heterocycles. The summed E-state index contributed by atoms with van der Waals surface area (Å²) >= 11 is 0. The van der Waals surface area contributed by atoms with Crippen LogP contribution in [0.5, 0.6) is 0 Å². The average molecular weight is 373 g/mol. The van der Waals surface area contributed by atoms with Gasteiger partial charge in [0.05, 0.1) is 19.1 Å². The van der Waals surface area contributed by atoms with Crippen molar-refractivity contribution in [3.05, 3.63) is 34.8 Å². The normalized spacial score (nSPS) is 17.9. The maximum absolute atomic E-state index is 12.9. The molecule has 1 aliphatic rings. The number of rotatable bonds is 6. The maximum atomic E-state index is 12.9. The van der Waals surface area contributed by atoms with Gasteiger partial charge in [0.15, 0.2) is 11.6 Å². The lowest BCUT2D eigenvalue weighted by Crippen LogP contribution is -2.41. The number of likely N-dealkylation sites (tertiary alicyclic amines) is 1. The fourth-order valence-electron chi connectivity index (χ4n) is 3.80. The van der Waals surface area contributed by atoms with Crippen LogP contribution in [0.1, 0.15) is 47.3 Å². The standard InChI is InChI=1S/C20H27N3O4/c1-5-26-20(25)16-7-6-8-22(11-16)12-18(24)17-9-13(2)23(15(17)4)19-10-14(3)27-21-19/h9-10,16H,5-8,11-12H2,1-4H3/t16-/m0/s1. The SMILES string of the molecule is CCOC(=O)[C@H]1CCCN(CC(=O)c2cc(C)n(-c3cc(C)on3)c2C)C1. The summed E-state index contributed by atoms with van der Waals surface area (Å²) in [6, 6.07) is 3.75. The van der Waals surface area contributed by atoms with E-state index < -0.39 is 0 Å². The van der Waals surface area contributed by atoms with E-state index in [2.05, 4.69) is 10.1 Å². The number of piperidine rings is 1. The summed E-state index contributed by atoms with van der Waals surface area (Å²) in [5.41, 5.74) is 2.48. The summed E-state index contributed by atoms with van der Waals surface area (Å²) in [5.74, 6) is 1.16. The first-order valence-corrected chi connectivity index (χ1v) is 9.45. The van der Waals surface area contributed by atoms with E-state index in [0.717, 1.165) is 36.5 Å². The molecular formula is C20H27N3O4. The molecule has 7 heteroatoms. The first kappa shape index (κ1) is 19.4. The van der Waals surface area contributed by atoms with Crippen LogP contribution in [0.2, 0.25) is 0 Å². The number of hydrogen-bond acceptors (Lipinski definition) is 6. The minimum Gasteiger partial charge on any atom is -0.466 e. The first-order chi connectivity index (χ1) is 12.9. The summed E-state index contributed by atoms with van der Waals surface area (Å²) < 4.78 is 12.2. The third-order valence-corrected chi connectivity index (χ3v) is 5.07. The molecule has 1 saturated heterocycles. The van der Waals surface area contributed by atoms with E-state index in [0.29, 0.717) is 31.1 Å². The van der Waals surface area contributed by atoms with Gasteiger partial charge in [-0.15, -0.1) is 0 Å². The van der Waals surface area contributed by atoms with Crippen LogP contribution in [0.25, 0.3) is 5.82 Å². The van der Waals surface area contributed by atoms with Gasteiger partial charge in [0, 0.05) is 29.6 Å². The quantitative estimate of drug-likeness (QED) is 0.572. The van der Waals surface area contributed by atoms with Crippen molar-refractivity contribution in [3.8, 4) is 5.82 Å². The van der Waals surface area contributed by atoms with Crippen LogP contribution in [0.4, 0.5) is 0 Å². The fraction of sp³-hybridized carbons (Fsp3) is 0.550. The second kappa shape index (κ2) is 8.08. The molecule has 3 heterocycles. The second-order valence-electron chi connectivity index (χ2n) is 7.17. The van der Waals surface area contributed by atoms with Crippen molar-refractivity contribution in [2.45, 2.75) is 40.5 Å². The van der Waals surface area contributed by atoms with Crippen molar-refractivity contribution < 1.29 is 18.8 Å². The van der Waals surface area contributed by atoms with E-state index >= 15 is 0 Å². The Morgan fingerprint density at radius 2 is 2.07 bits per heavy atom. The van der Waals surface area contributed by atoms with Crippen molar-refractivity contribution in [3.63, 3.8) is 0 Å². The van der Waals surface area contributed by atoms with Gasteiger partial charge in [-0.05, 0) is 53.1 Å². The van der Waals surface area contributed by atoms with E-state index in [1.807, 2.05) is 44.4 Å². The number of nitrogens with zero attached hydrogens (tertiary/aromatic N) is 3. The Morgan fingerprint density at radius 3 is 2.74 bits per heavy atom. The first-order valence-electron chi connectivity index (χ1n) is 9.45. The Kier molecular flexibility index (Phi) is 5.79. The molecule has 0 radical (unpaired) electrons. The lowest BCUT2D eigenvalue weighted by atomic mass is 9.97. The zero-order valence-electron chi connectivity index (χ0n) is 16.4. The molecule has 3 rings (SSSR count). The highest BCUT2D eigenvalue weighted by Gasteiger charge is 2.28. The average Bonchev–Trinajstić information content (AvgIpc) is 3.18. The second-order valence-corrected chi connectivity index (χ2v) is 7.17. The van der Waals surface area contributed by atoms with E-state index in [-0.39, 0.29) is 17.7 Å². The van der Waals surface area contributed by atoms with E-state index in [9.17, 15) is 9.59 Å². The number of esters is 1. The summed E-state index contributed by atoms with van der Waals surface area (Å²) in [7, 11) is 0. The lowest BCUT2D eigenvalue weighted by Gasteiger charge is -2.30. The molecule has 146 valence electrons. The number of Topliss-reactive ketones (excluding diaryl/α,β-unsaturated/α-hetero) is 1. The van der Waals surface area contributed by atoms with Crippen LogP contribution in [-0.4, -0.2) is 52.6 Å². The summed E-state index contributed by atoms with van der Waals surface area (Å²) in [6.45, 7) is 9.61. The van der Waals surface area contributed by atoms with E-state index in [4.69, 9.17) is 9.26 Å². The number of carbonyl (C=O) groups excluding carboxylic acids is 2. The van der Waals surface area contributed by atoms with Gasteiger partial charge < -0.3 is 9.26 Å². The minimum absolute atomic E-state index is 0.0547. The number of carbonyl (C=O) groups is 2. The zero-order valence-corrected chi connectivity index (χ0v) is 16.4. The van der Waals surface area contributed by atoms with Crippen molar-refractivity contribution in [2.75, 3.05) is 26.2 Å². The lowest BCUT2D eigenvalue weighted by molar-refractivity contribution is -0.149. The van der Waals surface area contributed by atoms with Gasteiger partial charge >= 0.3 is 5.97 Å². The van der Waals surface area contributed by atoms with Gasteiger partial charge in [0.2, 0.25) is 0 Å². The number of hydrogen-bond donors (Lipinski definition) is 0. The summed E-state index contributed by atoms with van der Waals surface area (Å²) in [4.78, 5) is 27.0. The van der Waals surface area contributed by atoms with Gasteiger partial charge in [-0.3, -0.25) is 19.1 Å². The predicted molar refractivity (Wildman–Crippen MR) is 100 cm³/mol. The summed E-state index contributed by atoms with van der Waals surface area (Å²) in [6.07, 6.45) is 1.72. The van der Waals surface area contributed by atoms with Gasteiger partial charge in [-0.2, -0.15) is 0 Å². The van der Waals surface area contributed by atoms with Crippen molar-refractivity contribution in [1.82, 2.24) is 14.6 Å². The fourth-order valence-corrected chi connectivity index (χ4v) is 3.80. The highest BCUT2D eigenvalue weighted by Crippen LogP contribution is 2.23. The molecule has 1 atom stereocenters. The molecule has 0 bridgehead atoms. The molecular weight excluding hydrogens is 346 g/mol. The number of aromatic nitrogens is 2. The number of ether oxygens (including phenoxy) is 1. The molecule has 0 amide bonds. The Morgan fingerprint density at radius 1 is 1.30 bits per heavy atom. The largest absolute Gasteiger partial charge is 0.466 e. The van der Waals surface area contributed by atoms with Gasteiger partial charge in [-0.25, -0.2) is 0 Å². The van der Waals surface area contributed by atoms with Crippen LogP contribution in [0.3, 0.4) is 0 Å². The van der Waals surface area contributed by atoms with Crippen LogP contribution >= 0.6 is 0 Å². The van der Waals surface area contributed by atoms with Gasteiger partial charge in [0.1, 0.15) is 5.76 Å². The van der Waals surface area contributed by atoms with Crippen LogP contribution in [0, 0.1) is 26.7 Å². The van der Waals surface area contributed by atoms with Crippen LogP contribution < -0.4 is 0 Å². The van der Waals surface area contributed by atoms with Crippen molar-refractivity contribution in [1.29, 1.82) is 0 Å². The predicted octanol–water partition coefficient (Wildman–Crippen LogP) is 2.85. The molecule has 0 spiro atoms. The highest BCUT2D eigenvalue weighted by molar-refractivity contribution is 5.99. The van der Waals surface area contributed by atoms with Crippen LogP contribution in [0.15, 0.2) is 16.7 Å². The Balaban J connectivity index is 1.72. The summed E-state index contributed by atoms with van der Waals surface area (Å²) in [5, 5.41) is 4.06. The molecule has 2 aromatic heterocycles. The monoisotopic (exact) mass is 373 g/mol. The van der Waals surface area contributed by atoms with Gasteiger partial charge in [0.25, 0.3) is 0 Å². The Labute approximate surface area is 159 Å². The number of ketones is 1. The molecule has 0 N–H and O–H groups in total.